The van der Waals surface area contributed by atoms with Crippen LogP contribution in [0.2, 0.25) is 0 Å². The highest BCUT2D eigenvalue weighted by atomic mass is 32.1. The predicted molar refractivity (Wildman–Crippen MR) is 76.7 cm³/mol. The van der Waals surface area contributed by atoms with Gasteiger partial charge in [-0.25, -0.2) is 4.79 Å². The summed E-state index contributed by atoms with van der Waals surface area (Å²) in [7, 11) is 1.28. The number of hydrogen-bond acceptors (Lipinski definition) is 5. The van der Waals surface area contributed by atoms with Crippen molar-refractivity contribution in [3.05, 3.63) is 16.3 Å². The summed E-state index contributed by atoms with van der Waals surface area (Å²) in [5, 5.41) is 6.92. The first-order valence-corrected chi connectivity index (χ1v) is 6.98. The second-order valence-corrected chi connectivity index (χ2v) is 5.48. The molecule has 20 heavy (non-hydrogen) atoms. The lowest BCUT2D eigenvalue weighted by molar-refractivity contribution is -0.126. The molecule has 2 amide bonds. The number of methoxy groups -OCH3 is 1. The van der Waals surface area contributed by atoms with E-state index in [0.717, 1.165) is 0 Å². The maximum absolute atomic E-state index is 12.2. The fourth-order valence-electron chi connectivity index (χ4n) is 1.62. The van der Waals surface area contributed by atoms with Gasteiger partial charge in [0, 0.05) is 6.92 Å². The summed E-state index contributed by atoms with van der Waals surface area (Å²) in [6.07, 6.45) is 0. The van der Waals surface area contributed by atoms with Crippen molar-refractivity contribution in [2.24, 2.45) is 5.92 Å². The van der Waals surface area contributed by atoms with Crippen LogP contribution in [0.25, 0.3) is 0 Å². The van der Waals surface area contributed by atoms with Crippen LogP contribution in [0.5, 0.6) is 0 Å². The number of carbonyl (C=O) groups is 3. The number of rotatable bonds is 5. The average molecular weight is 298 g/mol. The van der Waals surface area contributed by atoms with Gasteiger partial charge in [-0.3, -0.25) is 9.59 Å². The van der Waals surface area contributed by atoms with Crippen molar-refractivity contribution in [2.75, 3.05) is 12.4 Å². The number of anilines is 1. The highest BCUT2D eigenvalue weighted by molar-refractivity contribution is 7.12. The first-order chi connectivity index (χ1) is 9.36. The number of thiophene rings is 1. The predicted octanol–water partition coefficient (Wildman–Crippen LogP) is 1.63. The van der Waals surface area contributed by atoms with Gasteiger partial charge in [0.05, 0.1) is 12.8 Å². The summed E-state index contributed by atoms with van der Waals surface area (Å²) < 4.78 is 4.64. The molecule has 110 valence electrons. The number of nitrogens with one attached hydrogen (secondary N) is 2. The van der Waals surface area contributed by atoms with Crippen LogP contribution >= 0.6 is 11.3 Å². The molecule has 1 unspecified atom stereocenters. The van der Waals surface area contributed by atoms with Crippen molar-refractivity contribution in [1.29, 1.82) is 0 Å². The SMILES string of the molecule is COC(=O)c1sccc1NC(=O)C(NC(C)=O)C(C)C. The zero-order valence-electron chi connectivity index (χ0n) is 11.9. The molecule has 0 spiro atoms. The fraction of sp³-hybridized carbons (Fsp3) is 0.462. The number of esters is 1. The molecule has 1 atom stereocenters. The van der Waals surface area contributed by atoms with Gasteiger partial charge in [-0.15, -0.1) is 11.3 Å². The van der Waals surface area contributed by atoms with E-state index in [1.807, 2.05) is 13.8 Å². The third kappa shape index (κ3) is 4.06. The zero-order valence-corrected chi connectivity index (χ0v) is 12.7. The zero-order chi connectivity index (χ0) is 15.3. The molecule has 0 radical (unpaired) electrons. The maximum Gasteiger partial charge on any atom is 0.350 e. The maximum atomic E-state index is 12.2. The van der Waals surface area contributed by atoms with Gasteiger partial charge in [-0.2, -0.15) is 0 Å². The summed E-state index contributed by atoms with van der Waals surface area (Å²) in [6, 6.07) is 0.970. The van der Waals surface area contributed by atoms with Crippen LogP contribution in [0.1, 0.15) is 30.4 Å². The van der Waals surface area contributed by atoms with Crippen LogP contribution in [0.15, 0.2) is 11.4 Å². The smallest absolute Gasteiger partial charge is 0.350 e. The Kier molecular flexibility index (Phi) is 5.69. The second kappa shape index (κ2) is 7.04. The third-order valence-corrected chi connectivity index (χ3v) is 3.50. The molecular formula is C13H18N2O4S. The van der Waals surface area contributed by atoms with E-state index in [4.69, 9.17) is 0 Å². The molecule has 2 N–H and O–H groups in total. The summed E-state index contributed by atoms with van der Waals surface area (Å²) in [6.45, 7) is 5.01. The second-order valence-electron chi connectivity index (χ2n) is 4.57. The van der Waals surface area contributed by atoms with E-state index in [1.54, 1.807) is 11.4 Å². The Bertz CT molecular complexity index is 510. The van der Waals surface area contributed by atoms with Gasteiger partial charge in [0.2, 0.25) is 11.8 Å². The molecule has 0 saturated carbocycles. The summed E-state index contributed by atoms with van der Waals surface area (Å²) in [4.78, 5) is 35.2. The van der Waals surface area contributed by atoms with Crippen LogP contribution in [0.4, 0.5) is 5.69 Å². The van der Waals surface area contributed by atoms with E-state index in [-0.39, 0.29) is 17.7 Å². The van der Waals surface area contributed by atoms with Gasteiger partial charge < -0.3 is 15.4 Å². The molecule has 0 aliphatic rings. The highest BCUT2D eigenvalue weighted by Gasteiger charge is 2.25. The van der Waals surface area contributed by atoms with Gasteiger partial charge in [-0.05, 0) is 17.4 Å². The lowest BCUT2D eigenvalue weighted by Crippen LogP contribution is -2.46. The van der Waals surface area contributed by atoms with Crippen molar-refractivity contribution in [3.8, 4) is 0 Å². The standard InChI is InChI=1S/C13H18N2O4S/c1-7(2)10(14-8(3)16)12(17)15-9-5-6-20-11(9)13(18)19-4/h5-7,10H,1-4H3,(H,14,16)(H,15,17). The molecule has 0 bridgehead atoms. The number of amides is 2. The van der Waals surface area contributed by atoms with Gasteiger partial charge in [0.1, 0.15) is 10.9 Å². The Labute approximate surface area is 121 Å². The number of ether oxygens (including phenoxy) is 1. The Morgan fingerprint density at radius 3 is 2.45 bits per heavy atom. The van der Waals surface area contributed by atoms with E-state index in [0.29, 0.717) is 10.6 Å². The Balaban J connectivity index is 2.86. The number of hydrogen-bond donors (Lipinski definition) is 2. The molecule has 0 saturated heterocycles. The minimum atomic E-state index is -0.655. The fourth-order valence-corrected chi connectivity index (χ4v) is 2.39. The molecule has 6 nitrogen and oxygen atoms in total. The van der Waals surface area contributed by atoms with Crippen LogP contribution in [-0.4, -0.2) is 30.9 Å². The quantitative estimate of drug-likeness (QED) is 0.809. The molecule has 0 aliphatic heterocycles. The van der Waals surface area contributed by atoms with Crippen molar-refractivity contribution >= 4 is 34.8 Å². The van der Waals surface area contributed by atoms with Crippen molar-refractivity contribution in [2.45, 2.75) is 26.8 Å². The molecule has 1 aromatic heterocycles. The number of carbonyl (C=O) groups excluding carboxylic acids is 3. The lowest BCUT2D eigenvalue weighted by atomic mass is 10.0. The van der Waals surface area contributed by atoms with Crippen LogP contribution < -0.4 is 10.6 Å². The van der Waals surface area contributed by atoms with Crippen LogP contribution in [0.3, 0.4) is 0 Å². The third-order valence-electron chi connectivity index (χ3n) is 2.60. The van der Waals surface area contributed by atoms with Crippen molar-refractivity contribution in [3.63, 3.8) is 0 Å². The van der Waals surface area contributed by atoms with Crippen molar-refractivity contribution in [1.82, 2.24) is 5.32 Å². The monoisotopic (exact) mass is 298 g/mol. The Hall–Kier alpha value is -1.89. The Morgan fingerprint density at radius 2 is 1.95 bits per heavy atom. The Morgan fingerprint density at radius 1 is 1.30 bits per heavy atom. The van der Waals surface area contributed by atoms with Gasteiger partial charge in [0.25, 0.3) is 0 Å². The van der Waals surface area contributed by atoms with E-state index >= 15 is 0 Å². The van der Waals surface area contributed by atoms with E-state index in [2.05, 4.69) is 15.4 Å². The lowest BCUT2D eigenvalue weighted by Gasteiger charge is -2.20. The molecular weight excluding hydrogens is 280 g/mol. The normalized spacial score (nSPS) is 11.8. The molecule has 0 aliphatic carbocycles. The average Bonchev–Trinajstić information content (AvgIpc) is 2.82. The molecule has 1 rings (SSSR count). The van der Waals surface area contributed by atoms with Crippen LogP contribution in [-0.2, 0) is 14.3 Å². The summed E-state index contributed by atoms with van der Waals surface area (Å²) in [5.74, 6) is -1.22. The van der Waals surface area contributed by atoms with Gasteiger partial charge in [0.15, 0.2) is 0 Å². The minimum Gasteiger partial charge on any atom is -0.465 e. The van der Waals surface area contributed by atoms with Crippen LogP contribution in [0, 0.1) is 5.92 Å². The highest BCUT2D eigenvalue weighted by Crippen LogP contribution is 2.23. The van der Waals surface area contributed by atoms with E-state index in [1.165, 1.54) is 25.4 Å². The molecule has 1 aromatic rings. The largest absolute Gasteiger partial charge is 0.465 e. The molecule has 0 aromatic carbocycles. The summed E-state index contributed by atoms with van der Waals surface area (Å²) in [5.41, 5.74) is 0.392. The van der Waals surface area contributed by atoms with E-state index < -0.39 is 12.0 Å². The first-order valence-electron chi connectivity index (χ1n) is 6.10. The van der Waals surface area contributed by atoms with Gasteiger partial charge in [-0.1, -0.05) is 13.8 Å². The van der Waals surface area contributed by atoms with E-state index in [9.17, 15) is 14.4 Å². The first kappa shape index (κ1) is 16.2. The van der Waals surface area contributed by atoms with Gasteiger partial charge >= 0.3 is 5.97 Å². The topological polar surface area (TPSA) is 84.5 Å². The molecule has 0 fully saturated rings. The summed E-state index contributed by atoms with van der Waals surface area (Å²) >= 11 is 1.18. The van der Waals surface area contributed by atoms with Crippen molar-refractivity contribution < 1.29 is 19.1 Å². The molecule has 1 heterocycles. The molecule has 7 heteroatoms. The minimum absolute atomic E-state index is 0.0703.